The molecule has 0 aliphatic heterocycles. The quantitative estimate of drug-likeness (QED) is 0.833. The molecule has 1 aromatic heterocycles. The number of aromatic nitrogens is 1. The number of carbonyl (C=O) groups is 1. The van der Waals surface area contributed by atoms with Crippen LogP contribution in [0.5, 0.6) is 0 Å². The molecule has 1 aromatic carbocycles. The molecule has 1 aliphatic carbocycles. The first-order valence-corrected chi connectivity index (χ1v) is 5.31. The molecule has 0 amide bonds. The fourth-order valence-electron chi connectivity index (χ4n) is 2.08. The van der Waals surface area contributed by atoms with Gasteiger partial charge in [0.2, 0.25) is 0 Å². The number of carboxylic acid groups (broad SMARTS) is 1. The van der Waals surface area contributed by atoms with E-state index in [9.17, 15) is 9.90 Å². The number of nitrogens with zero attached hydrogens (tertiary/aromatic N) is 1. The number of para-hydroxylation sites is 1. The van der Waals surface area contributed by atoms with Gasteiger partial charge in [0.05, 0.1) is 10.9 Å². The lowest BCUT2D eigenvalue weighted by Gasteiger charge is -2.10. The average Bonchev–Trinajstić information content (AvgIpc) is 3.09. The van der Waals surface area contributed by atoms with Crippen LogP contribution in [0.3, 0.4) is 0 Å². The van der Waals surface area contributed by atoms with Crippen molar-refractivity contribution in [3.05, 3.63) is 42.1 Å². The summed E-state index contributed by atoms with van der Waals surface area (Å²) >= 11 is 0. The minimum atomic E-state index is -0.732. The van der Waals surface area contributed by atoms with E-state index in [-0.39, 0.29) is 0 Å². The first-order chi connectivity index (χ1) is 7.72. The summed E-state index contributed by atoms with van der Waals surface area (Å²) < 4.78 is 0. The smallest absolute Gasteiger partial charge is 0.314 e. The molecule has 1 aliphatic rings. The van der Waals surface area contributed by atoms with Crippen molar-refractivity contribution in [1.29, 1.82) is 0 Å². The molecule has 3 nitrogen and oxygen atoms in total. The van der Waals surface area contributed by atoms with Crippen LogP contribution in [0.15, 0.2) is 36.5 Å². The lowest BCUT2D eigenvalue weighted by atomic mass is 9.97. The van der Waals surface area contributed by atoms with E-state index in [0.717, 1.165) is 29.3 Å². The van der Waals surface area contributed by atoms with E-state index in [1.54, 1.807) is 6.20 Å². The van der Waals surface area contributed by atoms with E-state index < -0.39 is 11.4 Å². The number of pyridine rings is 1. The molecule has 1 saturated carbocycles. The van der Waals surface area contributed by atoms with Crippen molar-refractivity contribution in [2.24, 2.45) is 0 Å². The van der Waals surface area contributed by atoms with E-state index in [1.807, 2.05) is 30.3 Å². The molecule has 0 unspecified atom stereocenters. The van der Waals surface area contributed by atoms with Crippen molar-refractivity contribution in [2.45, 2.75) is 18.3 Å². The first kappa shape index (κ1) is 9.33. The Balaban J connectivity index is 2.16. The highest BCUT2D eigenvalue weighted by molar-refractivity contribution is 5.87. The van der Waals surface area contributed by atoms with Gasteiger partial charge in [0, 0.05) is 11.6 Å². The van der Waals surface area contributed by atoms with Crippen molar-refractivity contribution in [2.75, 3.05) is 0 Å². The number of fused-ring (bicyclic) bond motifs is 1. The highest BCUT2D eigenvalue weighted by Gasteiger charge is 2.52. The van der Waals surface area contributed by atoms with E-state index in [0.29, 0.717) is 0 Å². The van der Waals surface area contributed by atoms with Crippen molar-refractivity contribution >= 4 is 16.9 Å². The molecule has 3 heteroatoms. The van der Waals surface area contributed by atoms with E-state index in [2.05, 4.69) is 4.98 Å². The van der Waals surface area contributed by atoms with Crippen LogP contribution < -0.4 is 0 Å². The van der Waals surface area contributed by atoms with Crippen molar-refractivity contribution in [3.63, 3.8) is 0 Å². The van der Waals surface area contributed by atoms with Crippen molar-refractivity contribution < 1.29 is 9.90 Å². The maximum atomic E-state index is 11.2. The fraction of sp³-hybridized carbons (Fsp3) is 0.231. The fourth-order valence-corrected chi connectivity index (χ4v) is 2.08. The number of rotatable bonds is 2. The summed E-state index contributed by atoms with van der Waals surface area (Å²) in [6, 6.07) is 9.71. The van der Waals surface area contributed by atoms with Crippen molar-refractivity contribution in [1.82, 2.24) is 4.98 Å². The summed E-state index contributed by atoms with van der Waals surface area (Å²) in [5.41, 5.74) is 1.09. The van der Waals surface area contributed by atoms with E-state index >= 15 is 0 Å². The second-order valence-corrected chi connectivity index (χ2v) is 4.30. The Hall–Kier alpha value is -1.90. The predicted octanol–water partition coefficient (Wildman–Crippen LogP) is 2.35. The highest BCUT2D eigenvalue weighted by atomic mass is 16.4. The number of hydrogen-bond donors (Lipinski definition) is 1. The van der Waals surface area contributed by atoms with Crippen LogP contribution in [0.1, 0.15) is 18.4 Å². The Kier molecular flexibility index (Phi) is 1.78. The Morgan fingerprint density at radius 3 is 2.75 bits per heavy atom. The van der Waals surface area contributed by atoms with Crippen LogP contribution in [-0.2, 0) is 10.2 Å². The molecular weight excluding hydrogens is 202 g/mol. The minimum absolute atomic E-state index is 0.656. The summed E-state index contributed by atoms with van der Waals surface area (Å²) in [5.74, 6) is -0.732. The number of aliphatic carboxylic acids is 1. The second-order valence-electron chi connectivity index (χ2n) is 4.30. The summed E-state index contributed by atoms with van der Waals surface area (Å²) in [7, 11) is 0. The third kappa shape index (κ3) is 1.21. The molecule has 0 atom stereocenters. The standard InChI is InChI=1S/C13H11NO2/c15-12(16)13(5-6-13)10-7-9-3-1-2-4-11(9)14-8-10/h1-4,7-8H,5-6H2,(H,15,16). The summed E-state index contributed by atoms with van der Waals surface area (Å²) in [5, 5.41) is 10.2. The Morgan fingerprint density at radius 2 is 2.06 bits per heavy atom. The Bertz CT molecular complexity index is 573. The van der Waals surface area contributed by atoms with Gasteiger partial charge in [-0.1, -0.05) is 18.2 Å². The zero-order chi connectivity index (χ0) is 11.2. The van der Waals surface area contributed by atoms with Crippen LogP contribution in [0.25, 0.3) is 10.9 Å². The topological polar surface area (TPSA) is 50.2 Å². The van der Waals surface area contributed by atoms with Gasteiger partial charge in [-0.2, -0.15) is 0 Å². The molecule has 2 aromatic rings. The van der Waals surface area contributed by atoms with E-state index in [1.165, 1.54) is 0 Å². The zero-order valence-electron chi connectivity index (χ0n) is 8.68. The van der Waals surface area contributed by atoms with Crippen LogP contribution >= 0.6 is 0 Å². The number of hydrogen-bond acceptors (Lipinski definition) is 2. The summed E-state index contributed by atoms with van der Waals surface area (Å²) in [4.78, 5) is 15.5. The van der Waals surface area contributed by atoms with E-state index in [4.69, 9.17) is 0 Å². The average molecular weight is 213 g/mol. The monoisotopic (exact) mass is 213 g/mol. The van der Waals surface area contributed by atoms with Crippen LogP contribution in [0.2, 0.25) is 0 Å². The molecule has 16 heavy (non-hydrogen) atoms. The van der Waals surface area contributed by atoms with Gasteiger partial charge in [0.15, 0.2) is 0 Å². The Morgan fingerprint density at radius 1 is 1.31 bits per heavy atom. The molecule has 0 bridgehead atoms. The van der Waals surface area contributed by atoms with Gasteiger partial charge in [-0.3, -0.25) is 9.78 Å². The van der Waals surface area contributed by atoms with Crippen LogP contribution in [0.4, 0.5) is 0 Å². The molecule has 3 rings (SSSR count). The molecular formula is C13H11NO2. The Labute approximate surface area is 92.7 Å². The van der Waals surface area contributed by atoms with Gasteiger partial charge in [0.1, 0.15) is 0 Å². The SMILES string of the molecule is O=C(O)C1(c2cnc3ccccc3c2)CC1. The van der Waals surface area contributed by atoms with Crippen LogP contribution in [0, 0.1) is 0 Å². The molecule has 1 fully saturated rings. The van der Waals surface area contributed by atoms with Gasteiger partial charge in [0.25, 0.3) is 0 Å². The predicted molar refractivity (Wildman–Crippen MR) is 60.3 cm³/mol. The minimum Gasteiger partial charge on any atom is -0.481 e. The highest BCUT2D eigenvalue weighted by Crippen LogP contribution is 2.48. The molecule has 80 valence electrons. The summed E-state index contributed by atoms with van der Waals surface area (Å²) in [6.07, 6.45) is 3.15. The maximum absolute atomic E-state index is 11.2. The van der Waals surface area contributed by atoms with Gasteiger partial charge >= 0.3 is 5.97 Å². The molecule has 0 saturated heterocycles. The van der Waals surface area contributed by atoms with Crippen molar-refractivity contribution in [3.8, 4) is 0 Å². The lowest BCUT2D eigenvalue weighted by Crippen LogP contribution is -2.19. The zero-order valence-corrected chi connectivity index (χ0v) is 8.68. The number of carboxylic acids is 1. The van der Waals surface area contributed by atoms with Gasteiger partial charge in [-0.05, 0) is 30.5 Å². The third-order valence-corrected chi connectivity index (χ3v) is 3.30. The normalized spacial score (nSPS) is 17.2. The van der Waals surface area contributed by atoms with Crippen LogP contribution in [-0.4, -0.2) is 16.1 Å². The molecule has 0 spiro atoms. The lowest BCUT2D eigenvalue weighted by molar-refractivity contribution is -0.140. The first-order valence-electron chi connectivity index (χ1n) is 5.31. The molecule has 0 radical (unpaired) electrons. The van der Waals surface area contributed by atoms with Gasteiger partial charge < -0.3 is 5.11 Å². The number of benzene rings is 1. The summed E-state index contributed by atoms with van der Waals surface area (Å²) in [6.45, 7) is 0. The molecule has 1 N–H and O–H groups in total. The second kappa shape index (κ2) is 3.04. The van der Waals surface area contributed by atoms with Gasteiger partial charge in [-0.15, -0.1) is 0 Å². The molecule has 1 heterocycles. The van der Waals surface area contributed by atoms with Gasteiger partial charge in [-0.25, -0.2) is 0 Å². The third-order valence-electron chi connectivity index (χ3n) is 3.30. The maximum Gasteiger partial charge on any atom is 0.314 e. The largest absolute Gasteiger partial charge is 0.481 e.